The largest absolute Gasteiger partial charge is 0.493 e. The Morgan fingerprint density at radius 2 is 2.18 bits per heavy atom. The third-order valence-corrected chi connectivity index (χ3v) is 5.02. The molecule has 0 saturated heterocycles. The van der Waals surface area contributed by atoms with E-state index >= 15 is 0 Å². The minimum Gasteiger partial charge on any atom is -0.493 e. The van der Waals surface area contributed by atoms with Crippen LogP contribution in [-0.2, 0) is 13.0 Å². The van der Waals surface area contributed by atoms with Gasteiger partial charge < -0.3 is 9.47 Å². The Hall–Kier alpha value is -2.98. The van der Waals surface area contributed by atoms with E-state index in [1.807, 2.05) is 9.95 Å². The van der Waals surface area contributed by atoms with Gasteiger partial charge in [0.05, 0.1) is 26.3 Å². The number of rotatable bonds is 8. The maximum Gasteiger partial charge on any atom is 0.257 e. The van der Waals surface area contributed by atoms with E-state index in [0.717, 1.165) is 11.5 Å². The molecule has 2 heterocycles. The quantitative estimate of drug-likeness (QED) is 0.431. The van der Waals surface area contributed by atoms with Crippen molar-refractivity contribution < 1.29 is 14.3 Å². The molecule has 3 rings (SSSR count). The Bertz CT molecular complexity index is 1050. The number of carbonyl (C=O) groups is 1. The molecule has 3 aromatic rings. The molecule has 2 aromatic heterocycles. The van der Waals surface area contributed by atoms with E-state index in [4.69, 9.17) is 21.7 Å². The second kappa shape index (κ2) is 8.81. The summed E-state index contributed by atoms with van der Waals surface area (Å²) < 4.78 is 12.8. The van der Waals surface area contributed by atoms with Crippen LogP contribution in [0.15, 0.2) is 36.2 Å². The molecule has 28 heavy (non-hydrogen) atoms. The minimum absolute atomic E-state index is 0.281. The zero-order valence-corrected chi connectivity index (χ0v) is 17.0. The number of benzene rings is 1. The molecule has 0 saturated carbocycles. The number of anilines is 1. The average Bonchev–Trinajstić information content (AvgIpc) is 3.29. The number of thiazole rings is 1. The van der Waals surface area contributed by atoms with Gasteiger partial charge in [0.1, 0.15) is 5.82 Å². The second-order valence-electron chi connectivity index (χ2n) is 5.69. The standard InChI is InChI=1S/C18H19N5O3S2/c1-4-7-23-15(21-22-18(23)27)9-12-10-28-17(19-12)20-16(24)11-5-6-13(25-2)14(8-11)26-3/h4-6,8,10H,1,7,9H2,2-3H3,(H,22,27)(H,19,20,24). The fourth-order valence-electron chi connectivity index (χ4n) is 2.56. The van der Waals surface area contributed by atoms with Crippen LogP contribution in [0.3, 0.4) is 0 Å². The molecular formula is C18H19N5O3S2. The molecule has 0 atom stereocenters. The Morgan fingerprint density at radius 1 is 1.39 bits per heavy atom. The molecule has 0 aliphatic rings. The lowest BCUT2D eigenvalue weighted by Gasteiger charge is -2.09. The highest BCUT2D eigenvalue weighted by Gasteiger charge is 2.14. The van der Waals surface area contributed by atoms with Gasteiger partial charge in [0.25, 0.3) is 5.91 Å². The molecule has 1 amide bonds. The number of carbonyl (C=O) groups excluding carboxylic acids is 1. The van der Waals surface area contributed by atoms with Crippen LogP contribution in [0.4, 0.5) is 5.13 Å². The zero-order chi connectivity index (χ0) is 20.1. The number of ether oxygens (including phenoxy) is 2. The van der Waals surface area contributed by atoms with Crippen LogP contribution in [0.5, 0.6) is 11.5 Å². The van der Waals surface area contributed by atoms with Gasteiger partial charge in [0.2, 0.25) is 0 Å². The number of allylic oxidation sites excluding steroid dienone is 1. The molecule has 0 aliphatic heterocycles. The summed E-state index contributed by atoms with van der Waals surface area (Å²) >= 11 is 6.56. The van der Waals surface area contributed by atoms with Crippen molar-refractivity contribution in [2.45, 2.75) is 13.0 Å². The van der Waals surface area contributed by atoms with Gasteiger partial charge in [-0.15, -0.1) is 17.9 Å². The van der Waals surface area contributed by atoms with E-state index < -0.39 is 0 Å². The summed E-state index contributed by atoms with van der Waals surface area (Å²) in [4.78, 5) is 17.0. The number of hydrogen-bond donors (Lipinski definition) is 2. The van der Waals surface area contributed by atoms with Gasteiger partial charge in [-0.1, -0.05) is 6.08 Å². The lowest BCUT2D eigenvalue weighted by atomic mass is 10.2. The van der Waals surface area contributed by atoms with Crippen molar-refractivity contribution in [3.8, 4) is 11.5 Å². The summed E-state index contributed by atoms with van der Waals surface area (Å²) in [6, 6.07) is 4.97. The van der Waals surface area contributed by atoms with Crippen molar-refractivity contribution in [3.05, 3.63) is 58.1 Å². The van der Waals surface area contributed by atoms with Crippen LogP contribution >= 0.6 is 23.6 Å². The first-order valence-electron chi connectivity index (χ1n) is 8.28. The van der Waals surface area contributed by atoms with Crippen LogP contribution in [0.2, 0.25) is 0 Å². The Balaban J connectivity index is 1.72. The number of hydrogen-bond acceptors (Lipinski definition) is 7. The van der Waals surface area contributed by atoms with Gasteiger partial charge in [-0.05, 0) is 30.4 Å². The van der Waals surface area contributed by atoms with E-state index in [-0.39, 0.29) is 5.91 Å². The first-order chi connectivity index (χ1) is 13.5. The summed E-state index contributed by atoms with van der Waals surface area (Å²) in [5, 5.41) is 12.2. The molecule has 0 spiro atoms. The molecule has 2 N–H and O–H groups in total. The monoisotopic (exact) mass is 417 g/mol. The molecule has 0 aliphatic carbocycles. The summed E-state index contributed by atoms with van der Waals surface area (Å²) in [5.74, 6) is 1.52. The average molecular weight is 418 g/mol. The zero-order valence-electron chi connectivity index (χ0n) is 15.4. The lowest BCUT2D eigenvalue weighted by molar-refractivity contribution is 0.102. The fourth-order valence-corrected chi connectivity index (χ4v) is 3.49. The van der Waals surface area contributed by atoms with Crippen molar-refractivity contribution in [2.24, 2.45) is 0 Å². The third kappa shape index (κ3) is 4.29. The highest BCUT2D eigenvalue weighted by atomic mass is 32.1. The van der Waals surface area contributed by atoms with Gasteiger partial charge >= 0.3 is 0 Å². The molecule has 0 fully saturated rings. The fraction of sp³-hybridized carbons (Fsp3) is 0.222. The highest BCUT2D eigenvalue weighted by molar-refractivity contribution is 7.71. The summed E-state index contributed by atoms with van der Waals surface area (Å²) in [5.41, 5.74) is 1.23. The number of aromatic amines is 1. The normalized spacial score (nSPS) is 10.5. The first kappa shape index (κ1) is 19.8. The highest BCUT2D eigenvalue weighted by Crippen LogP contribution is 2.28. The van der Waals surface area contributed by atoms with Crippen molar-refractivity contribution in [1.82, 2.24) is 19.7 Å². The number of aromatic nitrogens is 4. The number of H-pyrrole nitrogens is 1. The maximum absolute atomic E-state index is 12.5. The van der Waals surface area contributed by atoms with Gasteiger partial charge in [-0.3, -0.25) is 19.8 Å². The van der Waals surface area contributed by atoms with E-state index in [0.29, 0.717) is 39.9 Å². The molecule has 1 aromatic carbocycles. The summed E-state index contributed by atoms with van der Waals surface area (Å²) in [7, 11) is 3.07. The first-order valence-corrected chi connectivity index (χ1v) is 9.57. The third-order valence-electron chi connectivity index (χ3n) is 3.91. The molecule has 10 heteroatoms. The van der Waals surface area contributed by atoms with Crippen molar-refractivity contribution in [2.75, 3.05) is 19.5 Å². The summed E-state index contributed by atoms with van der Waals surface area (Å²) in [6.07, 6.45) is 2.24. The van der Waals surface area contributed by atoms with Crippen LogP contribution in [0.1, 0.15) is 21.9 Å². The van der Waals surface area contributed by atoms with Crippen molar-refractivity contribution in [3.63, 3.8) is 0 Å². The van der Waals surface area contributed by atoms with Crippen molar-refractivity contribution in [1.29, 1.82) is 0 Å². The SMILES string of the molecule is C=CCn1c(Cc2csc(NC(=O)c3ccc(OC)c(OC)c3)n2)n[nH]c1=S. The molecule has 0 radical (unpaired) electrons. The molecular weight excluding hydrogens is 398 g/mol. The number of amides is 1. The lowest BCUT2D eigenvalue weighted by Crippen LogP contribution is -2.12. The molecule has 8 nitrogen and oxygen atoms in total. The Morgan fingerprint density at radius 3 is 2.89 bits per heavy atom. The van der Waals surface area contributed by atoms with Crippen LogP contribution in [-0.4, -0.2) is 39.9 Å². The predicted molar refractivity (Wildman–Crippen MR) is 110 cm³/mol. The van der Waals surface area contributed by atoms with Crippen LogP contribution in [0, 0.1) is 4.77 Å². The number of nitrogens with one attached hydrogen (secondary N) is 2. The van der Waals surface area contributed by atoms with Gasteiger partial charge in [0.15, 0.2) is 21.4 Å². The van der Waals surface area contributed by atoms with E-state index in [1.165, 1.54) is 18.4 Å². The molecule has 0 unspecified atom stereocenters. The van der Waals surface area contributed by atoms with Gasteiger partial charge in [-0.25, -0.2) is 4.98 Å². The van der Waals surface area contributed by atoms with E-state index in [1.54, 1.807) is 31.4 Å². The van der Waals surface area contributed by atoms with E-state index in [9.17, 15) is 4.79 Å². The topological polar surface area (TPSA) is 94.1 Å². The summed E-state index contributed by atoms with van der Waals surface area (Å²) in [6.45, 7) is 4.29. The van der Waals surface area contributed by atoms with Gasteiger partial charge in [-0.2, -0.15) is 5.10 Å². The predicted octanol–water partition coefficient (Wildman–Crippen LogP) is 3.44. The molecule has 0 bridgehead atoms. The Kier molecular flexibility index (Phi) is 6.22. The van der Waals surface area contributed by atoms with Crippen molar-refractivity contribution >= 4 is 34.6 Å². The Labute approximate surface area is 170 Å². The maximum atomic E-state index is 12.5. The van der Waals surface area contributed by atoms with E-state index in [2.05, 4.69) is 27.1 Å². The smallest absolute Gasteiger partial charge is 0.257 e. The number of nitrogens with zero attached hydrogens (tertiary/aromatic N) is 3. The van der Waals surface area contributed by atoms with Crippen LogP contribution in [0.25, 0.3) is 0 Å². The van der Waals surface area contributed by atoms with Crippen LogP contribution < -0.4 is 14.8 Å². The molecule has 146 valence electrons. The minimum atomic E-state index is -0.281. The second-order valence-corrected chi connectivity index (χ2v) is 6.93. The number of methoxy groups -OCH3 is 2. The van der Waals surface area contributed by atoms with Gasteiger partial charge in [0, 0.05) is 17.5 Å².